The molecule has 1 amide bonds. The smallest absolute Gasteiger partial charge is 0.332 e. The average Bonchev–Trinajstić information content (AvgIpc) is 2.59. The van der Waals surface area contributed by atoms with Gasteiger partial charge in [-0.1, -0.05) is 0 Å². The highest BCUT2D eigenvalue weighted by atomic mass is 32.3. The van der Waals surface area contributed by atoms with Crippen LogP contribution in [0.4, 0.5) is 15.3 Å². The molecule has 10 heteroatoms. The molecule has 0 spiro atoms. The molecule has 2 aromatic rings. The molecule has 26 heavy (non-hydrogen) atoms. The highest BCUT2D eigenvalue weighted by Gasteiger charge is 2.15. The van der Waals surface area contributed by atoms with Crippen molar-refractivity contribution in [3.63, 3.8) is 0 Å². The average molecular weight is 380 g/mol. The van der Waals surface area contributed by atoms with Gasteiger partial charge in [-0.3, -0.25) is 14.9 Å². The fourth-order valence-electron chi connectivity index (χ4n) is 1.98. The molecule has 2 aromatic carbocycles. The number of methoxy groups -OCH3 is 1. The molecule has 0 unspecified atom stereocenters. The Balaban J connectivity index is 2.13. The zero-order valence-electron chi connectivity index (χ0n) is 13.4. The van der Waals surface area contributed by atoms with E-state index in [9.17, 15) is 27.2 Å². The van der Waals surface area contributed by atoms with E-state index in [0.29, 0.717) is 5.56 Å². The largest absolute Gasteiger partial charge is 0.495 e. The molecular weight excluding hydrogens is 367 g/mol. The molecule has 0 aliphatic carbocycles. The zero-order valence-corrected chi connectivity index (χ0v) is 14.2. The summed E-state index contributed by atoms with van der Waals surface area (Å²) in [5, 5.41) is 13.0. The third-order valence-corrected chi connectivity index (χ3v) is 4.06. The highest BCUT2D eigenvalue weighted by molar-refractivity contribution is 7.86. The van der Waals surface area contributed by atoms with Crippen LogP contribution < -0.4 is 10.1 Å². The lowest BCUT2D eigenvalue weighted by molar-refractivity contribution is -0.384. The molecule has 0 aliphatic heterocycles. The lowest BCUT2D eigenvalue weighted by Crippen LogP contribution is -2.09. The molecule has 0 fully saturated rings. The molecule has 136 valence electrons. The number of amides is 1. The fourth-order valence-corrected chi connectivity index (χ4v) is 2.46. The molecule has 2 rings (SSSR count). The Morgan fingerprint density at radius 2 is 1.88 bits per heavy atom. The van der Waals surface area contributed by atoms with Crippen LogP contribution in [0, 0.1) is 10.1 Å². The van der Waals surface area contributed by atoms with Gasteiger partial charge in [-0.2, -0.15) is 8.42 Å². The van der Waals surface area contributed by atoms with Crippen molar-refractivity contribution >= 4 is 33.6 Å². The van der Waals surface area contributed by atoms with Gasteiger partial charge in [-0.25, -0.2) is 0 Å². The molecule has 0 saturated carbocycles. The number of nitro groups is 1. The van der Waals surface area contributed by atoms with E-state index in [1.165, 1.54) is 49.6 Å². The Morgan fingerprint density at radius 3 is 2.42 bits per heavy atom. The maximum Gasteiger partial charge on any atom is 0.332 e. The van der Waals surface area contributed by atoms with E-state index in [1.54, 1.807) is 0 Å². The number of halogens is 1. The van der Waals surface area contributed by atoms with Crippen molar-refractivity contribution in [2.24, 2.45) is 0 Å². The molecule has 0 radical (unpaired) electrons. The van der Waals surface area contributed by atoms with Crippen LogP contribution in [0.25, 0.3) is 6.08 Å². The van der Waals surface area contributed by atoms with Crippen molar-refractivity contribution in [2.75, 3.05) is 12.4 Å². The van der Waals surface area contributed by atoms with E-state index in [4.69, 9.17) is 4.74 Å². The van der Waals surface area contributed by atoms with Crippen molar-refractivity contribution in [2.45, 2.75) is 4.90 Å². The predicted molar refractivity (Wildman–Crippen MR) is 92.0 cm³/mol. The predicted octanol–water partition coefficient (Wildman–Crippen LogP) is 2.91. The summed E-state index contributed by atoms with van der Waals surface area (Å²) < 4.78 is 39.7. The SMILES string of the molecule is COc1cc(S(=O)(=O)F)ccc1NC(=O)/C=C\c1ccc([N+](=O)[O-])cc1. The molecule has 0 atom stereocenters. The molecule has 0 saturated heterocycles. The third kappa shape index (κ3) is 4.86. The fraction of sp³-hybridized carbons (Fsp3) is 0.0625. The molecule has 0 heterocycles. The van der Waals surface area contributed by atoms with Crippen LogP contribution in [0.3, 0.4) is 0 Å². The van der Waals surface area contributed by atoms with Gasteiger partial charge in [-0.05, 0) is 35.9 Å². The zero-order chi connectivity index (χ0) is 19.3. The van der Waals surface area contributed by atoms with Crippen molar-refractivity contribution in [1.29, 1.82) is 0 Å². The van der Waals surface area contributed by atoms with Gasteiger partial charge < -0.3 is 10.1 Å². The number of rotatable bonds is 6. The van der Waals surface area contributed by atoms with Crippen molar-refractivity contribution in [3.05, 3.63) is 64.2 Å². The van der Waals surface area contributed by atoms with Crippen LogP contribution in [-0.2, 0) is 15.0 Å². The van der Waals surface area contributed by atoms with E-state index < -0.39 is 25.9 Å². The van der Waals surface area contributed by atoms with Gasteiger partial charge >= 0.3 is 10.2 Å². The second-order valence-corrected chi connectivity index (χ2v) is 6.32. The van der Waals surface area contributed by atoms with E-state index in [0.717, 1.165) is 12.1 Å². The first kappa shape index (κ1) is 19.1. The maximum absolute atomic E-state index is 13.0. The summed E-state index contributed by atoms with van der Waals surface area (Å²) in [5.74, 6) is -0.585. The van der Waals surface area contributed by atoms with Gasteiger partial charge in [0, 0.05) is 24.3 Å². The number of nitrogens with zero attached hydrogens (tertiary/aromatic N) is 1. The Hall–Kier alpha value is -3.27. The summed E-state index contributed by atoms with van der Waals surface area (Å²) in [4.78, 5) is 21.4. The second-order valence-electron chi connectivity index (χ2n) is 4.97. The number of carbonyl (C=O) groups is 1. The molecule has 0 aromatic heterocycles. The summed E-state index contributed by atoms with van der Waals surface area (Å²) in [7, 11) is -3.65. The third-order valence-electron chi connectivity index (χ3n) is 3.24. The Kier molecular flexibility index (Phi) is 5.68. The van der Waals surface area contributed by atoms with E-state index in [1.807, 2.05) is 0 Å². The first-order valence-corrected chi connectivity index (χ1v) is 8.45. The maximum atomic E-state index is 13.0. The molecule has 0 bridgehead atoms. The lowest BCUT2D eigenvalue weighted by atomic mass is 10.2. The molecule has 1 N–H and O–H groups in total. The first-order chi connectivity index (χ1) is 12.2. The molecular formula is C16H13FN2O6S. The quantitative estimate of drug-likeness (QED) is 0.356. The molecule has 0 aliphatic rings. The number of non-ortho nitro benzene ring substituents is 1. The number of ether oxygens (including phenoxy) is 1. The van der Waals surface area contributed by atoms with Gasteiger partial charge in [0.25, 0.3) is 5.69 Å². The summed E-state index contributed by atoms with van der Waals surface area (Å²) in [6.07, 6.45) is 2.62. The van der Waals surface area contributed by atoms with Gasteiger partial charge in [0.1, 0.15) is 10.6 Å². The number of carbonyl (C=O) groups excluding carboxylic acids is 1. The van der Waals surface area contributed by atoms with Gasteiger partial charge in [-0.15, -0.1) is 3.89 Å². The monoisotopic (exact) mass is 380 g/mol. The highest BCUT2D eigenvalue weighted by Crippen LogP contribution is 2.28. The van der Waals surface area contributed by atoms with Crippen LogP contribution in [-0.4, -0.2) is 26.4 Å². The van der Waals surface area contributed by atoms with Crippen LogP contribution in [0.2, 0.25) is 0 Å². The Bertz CT molecular complexity index is 971. The van der Waals surface area contributed by atoms with Crippen LogP contribution >= 0.6 is 0 Å². The lowest BCUT2D eigenvalue weighted by Gasteiger charge is -2.09. The molecule has 8 nitrogen and oxygen atoms in total. The number of benzene rings is 2. The van der Waals surface area contributed by atoms with E-state index >= 15 is 0 Å². The van der Waals surface area contributed by atoms with Crippen molar-refractivity contribution in [1.82, 2.24) is 0 Å². The number of hydrogen-bond acceptors (Lipinski definition) is 6. The van der Waals surface area contributed by atoms with E-state index in [-0.39, 0.29) is 17.1 Å². The van der Waals surface area contributed by atoms with Crippen molar-refractivity contribution in [3.8, 4) is 5.75 Å². The van der Waals surface area contributed by atoms with Gasteiger partial charge in [0.15, 0.2) is 0 Å². The number of nitro benzene ring substituents is 1. The van der Waals surface area contributed by atoms with Gasteiger partial charge in [0.05, 0.1) is 17.7 Å². The summed E-state index contributed by atoms with van der Waals surface area (Å²) >= 11 is 0. The van der Waals surface area contributed by atoms with Crippen LogP contribution in [0.5, 0.6) is 5.75 Å². The number of nitrogens with one attached hydrogen (secondary N) is 1. The summed E-state index contributed by atoms with van der Waals surface area (Å²) in [6.45, 7) is 0. The standard InChI is InChI=1S/C16H13FN2O6S/c1-25-15-10-13(26(17,23)24)7-8-14(15)18-16(20)9-4-11-2-5-12(6-3-11)19(21)22/h2-10H,1H3,(H,18,20)/b9-4-. The van der Waals surface area contributed by atoms with Crippen molar-refractivity contribution < 1.29 is 26.8 Å². The summed E-state index contributed by atoms with van der Waals surface area (Å²) in [5.41, 5.74) is 0.647. The normalized spacial score (nSPS) is 11.3. The minimum absolute atomic E-state index is 0.0270. The number of hydrogen-bond donors (Lipinski definition) is 1. The minimum atomic E-state index is -4.89. The van der Waals surface area contributed by atoms with Crippen LogP contribution in [0.15, 0.2) is 53.4 Å². The number of anilines is 1. The Labute approximate surface area is 148 Å². The minimum Gasteiger partial charge on any atom is -0.495 e. The van der Waals surface area contributed by atoms with E-state index in [2.05, 4.69) is 5.32 Å². The summed E-state index contributed by atoms with van der Waals surface area (Å²) in [6, 6.07) is 8.70. The van der Waals surface area contributed by atoms with Crippen LogP contribution in [0.1, 0.15) is 5.56 Å². The van der Waals surface area contributed by atoms with Gasteiger partial charge in [0.2, 0.25) is 5.91 Å². The Morgan fingerprint density at radius 1 is 1.23 bits per heavy atom. The topological polar surface area (TPSA) is 116 Å². The first-order valence-electron chi connectivity index (χ1n) is 7.07. The second kappa shape index (κ2) is 7.74.